The second-order valence-corrected chi connectivity index (χ2v) is 6.50. The molecule has 0 fully saturated rings. The van der Waals surface area contributed by atoms with Crippen LogP contribution in [0.5, 0.6) is 11.5 Å². The standard InChI is InChI=1S/C21H17ClN2O3/c1-26-20-9-6-13(22)10-19(20)24-21(25)12-27-14-7-8-16-15-4-2-3-5-17(15)23-18(16)11-14/h2-11,23H,12H2,1H3,(H,24,25). The molecule has 0 saturated carbocycles. The molecule has 6 heteroatoms. The Morgan fingerprint density at radius 2 is 1.85 bits per heavy atom. The first-order chi connectivity index (χ1) is 13.1. The van der Waals surface area contributed by atoms with Crippen LogP contribution in [0.15, 0.2) is 60.7 Å². The molecular formula is C21H17ClN2O3. The number of nitrogens with one attached hydrogen (secondary N) is 2. The molecule has 0 bridgehead atoms. The number of benzene rings is 3. The summed E-state index contributed by atoms with van der Waals surface area (Å²) in [4.78, 5) is 15.6. The summed E-state index contributed by atoms with van der Waals surface area (Å²) in [7, 11) is 1.53. The van der Waals surface area contributed by atoms with Crippen molar-refractivity contribution in [3.8, 4) is 11.5 Å². The van der Waals surface area contributed by atoms with Gasteiger partial charge < -0.3 is 19.8 Å². The van der Waals surface area contributed by atoms with E-state index in [1.165, 1.54) is 7.11 Å². The third-order valence-corrected chi connectivity index (χ3v) is 4.52. The zero-order valence-corrected chi connectivity index (χ0v) is 15.3. The molecule has 0 atom stereocenters. The Kier molecular flexibility index (Phi) is 4.60. The Morgan fingerprint density at radius 1 is 1.04 bits per heavy atom. The minimum Gasteiger partial charge on any atom is -0.495 e. The number of ether oxygens (including phenoxy) is 2. The van der Waals surface area contributed by atoms with Crippen molar-refractivity contribution < 1.29 is 14.3 Å². The van der Waals surface area contributed by atoms with Crippen LogP contribution in [0.25, 0.3) is 21.8 Å². The van der Waals surface area contributed by atoms with E-state index in [-0.39, 0.29) is 12.5 Å². The van der Waals surface area contributed by atoms with E-state index >= 15 is 0 Å². The number of aromatic nitrogens is 1. The summed E-state index contributed by atoms with van der Waals surface area (Å²) in [5, 5.41) is 5.53. The lowest BCUT2D eigenvalue weighted by Crippen LogP contribution is -2.20. The number of hydrogen-bond acceptors (Lipinski definition) is 3. The largest absolute Gasteiger partial charge is 0.495 e. The maximum atomic E-state index is 12.2. The van der Waals surface area contributed by atoms with Gasteiger partial charge in [0.25, 0.3) is 5.91 Å². The summed E-state index contributed by atoms with van der Waals surface area (Å²) >= 11 is 5.98. The Hall–Kier alpha value is -3.18. The number of para-hydroxylation sites is 1. The van der Waals surface area contributed by atoms with Gasteiger partial charge in [0, 0.05) is 27.4 Å². The van der Waals surface area contributed by atoms with Crippen molar-refractivity contribution >= 4 is 45.0 Å². The Bertz CT molecular complexity index is 1140. The fourth-order valence-electron chi connectivity index (χ4n) is 3.04. The molecule has 0 saturated heterocycles. The molecule has 0 aliphatic rings. The van der Waals surface area contributed by atoms with E-state index in [2.05, 4.69) is 16.4 Å². The van der Waals surface area contributed by atoms with Crippen molar-refractivity contribution in [1.29, 1.82) is 0 Å². The van der Waals surface area contributed by atoms with E-state index < -0.39 is 0 Å². The number of carbonyl (C=O) groups excluding carboxylic acids is 1. The number of methoxy groups -OCH3 is 1. The van der Waals surface area contributed by atoms with E-state index in [0.717, 1.165) is 21.8 Å². The van der Waals surface area contributed by atoms with E-state index in [1.54, 1.807) is 18.2 Å². The number of halogens is 1. The first-order valence-corrected chi connectivity index (χ1v) is 8.78. The number of aromatic amines is 1. The molecular weight excluding hydrogens is 364 g/mol. The SMILES string of the molecule is COc1ccc(Cl)cc1NC(=O)COc1ccc2c(c1)[nH]c1ccccc12. The van der Waals surface area contributed by atoms with Crippen LogP contribution in [-0.4, -0.2) is 24.6 Å². The van der Waals surface area contributed by atoms with Crippen molar-refractivity contribution in [2.24, 2.45) is 0 Å². The summed E-state index contributed by atoms with van der Waals surface area (Å²) in [5.74, 6) is 0.849. The molecule has 4 rings (SSSR count). The smallest absolute Gasteiger partial charge is 0.262 e. The summed E-state index contributed by atoms with van der Waals surface area (Å²) < 4.78 is 10.9. The number of H-pyrrole nitrogens is 1. The first kappa shape index (κ1) is 17.2. The summed E-state index contributed by atoms with van der Waals surface area (Å²) in [6.07, 6.45) is 0. The summed E-state index contributed by atoms with van der Waals surface area (Å²) in [6, 6.07) is 18.9. The predicted octanol–water partition coefficient (Wildman–Crippen LogP) is 5.00. The van der Waals surface area contributed by atoms with E-state index in [0.29, 0.717) is 22.2 Å². The third-order valence-electron chi connectivity index (χ3n) is 4.28. The number of anilines is 1. The molecule has 0 radical (unpaired) electrons. The number of amides is 1. The average Bonchev–Trinajstić information content (AvgIpc) is 3.04. The van der Waals surface area contributed by atoms with Crippen LogP contribution in [-0.2, 0) is 4.79 Å². The van der Waals surface area contributed by atoms with Crippen LogP contribution < -0.4 is 14.8 Å². The van der Waals surface area contributed by atoms with Crippen LogP contribution >= 0.6 is 11.6 Å². The molecule has 5 nitrogen and oxygen atoms in total. The van der Waals surface area contributed by atoms with Gasteiger partial charge in [0.2, 0.25) is 0 Å². The van der Waals surface area contributed by atoms with E-state index in [1.807, 2.05) is 36.4 Å². The van der Waals surface area contributed by atoms with Gasteiger partial charge >= 0.3 is 0 Å². The molecule has 1 amide bonds. The molecule has 0 unspecified atom stereocenters. The zero-order valence-electron chi connectivity index (χ0n) is 14.6. The van der Waals surface area contributed by atoms with Gasteiger partial charge in [-0.25, -0.2) is 0 Å². The van der Waals surface area contributed by atoms with Gasteiger partial charge in [0.05, 0.1) is 18.3 Å². The fourth-order valence-corrected chi connectivity index (χ4v) is 3.21. The Labute approximate surface area is 160 Å². The predicted molar refractivity (Wildman–Crippen MR) is 108 cm³/mol. The summed E-state index contributed by atoms with van der Waals surface area (Å²) in [6.45, 7) is -0.124. The maximum absolute atomic E-state index is 12.2. The monoisotopic (exact) mass is 380 g/mol. The van der Waals surface area contributed by atoms with Crippen molar-refractivity contribution in [3.63, 3.8) is 0 Å². The lowest BCUT2D eigenvalue weighted by molar-refractivity contribution is -0.118. The second-order valence-electron chi connectivity index (χ2n) is 6.06. The van der Waals surface area contributed by atoms with Crippen molar-refractivity contribution in [2.75, 3.05) is 19.0 Å². The van der Waals surface area contributed by atoms with Gasteiger partial charge in [-0.3, -0.25) is 4.79 Å². The van der Waals surface area contributed by atoms with Gasteiger partial charge in [0.15, 0.2) is 6.61 Å². The highest BCUT2D eigenvalue weighted by Gasteiger charge is 2.10. The molecule has 0 aliphatic heterocycles. The van der Waals surface area contributed by atoms with Crippen LogP contribution in [0.4, 0.5) is 5.69 Å². The van der Waals surface area contributed by atoms with Gasteiger partial charge in [-0.15, -0.1) is 0 Å². The number of carbonyl (C=O) groups is 1. The number of fused-ring (bicyclic) bond motifs is 3. The molecule has 1 aromatic heterocycles. The lowest BCUT2D eigenvalue weighted by Gasteiger charge is -2.11. The molecule has 27 heavy (non-hydrogen) atoms. The molecule has 2 N–H and O–H groups in total. The highest BCUT2D eigenvalue weighted by Crippen LogP contribution is 2.29. The zero-order chi connectivity index (χ0) is 18.8. The second kappa shape index (κ2) is 7.21. The van der Waals surface area contributed by atoms with Gasteiger partial charge in [-0.05, 0) is 36.4 Å². The van der Waals surface area contributed by atoms with Crippen molar-refractivity contribution in [3.05, 3.63) is 65.7 Å². The van der Waals surface area contributed by atoms with Crippen molar-refractivity contribution in [2.45, 2.75) is 0 Å². The normalized spacial score (nSPS) is 10.9. The highest BCUT2D eigenvalue weighted by atomic mass is 35.5. The number of hydrogen-bond donors (Lipinski definition) is 2. The van der Waals surface area contributed by atoms with Gasteiger partial charge in [0.1, 0.15) is 11.5 Å². The fraction of sp³-hybridized carbons (Fsp3) is 0.0952. The molecule has 0 spiro atoms. The number of rotatable bonds is 5. The lowest BCUT2D eigenvalue weighted by atomic mass is 10.1. The quantitative estimate of drug-likeness (QED) is 0.512. The van der Waals surface area contributed by atoms with Gasteiger partial charge in [-0.2, -0.15) is 0 Å². The highest BCUT2D eigenvalue weighted by molar-refractivity contribution is 6.31. The van der Waals surface area contributed by atoms with Crippen LogP contribution in [0.3, 0.4) is 0 Å². The molecule has 0 aliphatic carbocycles. The van der Waals surface area contributed by atoms with E-state index in [4.69, 9.17) is 21.1 Å². The van der Waals surface area contributed by atoms with E-state index in [9.17, 15) is 4.79 Å². The van der Waals surface area contributed by atoms with Crippen molar-refractivity contribution in [1.82, 2.24) is 4.98 Å². The first-order valence-electron chi connectivity index (χ1n) is 8.41. The van der Waals surface area contributed by atoms with Crippen LogP contribution in [0, 0.1) is 0 Å². The van der Waals surface area contributed by atoms with Gasteiger partial charge in [-0.1, -0.05) is 29.8 Å². The Morgan fingerprint density at radius 3 is 2.70 bits per heavy atom. The minimum absolute atomic E-state index is 0.124. The summed E-state index contributed by atoms with van der Waals surface area (Å²) in [5.41, 5.74) is 2.53. The van der Waals surface area contributed by atoms with Crippen LogP contribution in [0.2, 0.25) is 5.02 Å². The average molecular weight is 381 g/mol. The van der Waals surface area contributed by atoms with Crippen LogP contribution in [0.1, 0.15) is 0 Å². The maximum Gasteiger partial charge on any atom is 0.262 e. The Balaban J connectivity index is 1.47. The molecule has 4 aromatic rings. The molecule has 136 valence electrons. The molecule has 3 aromatic carbocycles. The topological polar surface area (TPSA) is 63.4 Å². The molecule has 1 heterocycles. The minimum atomic E-state index is -0.299. The third kappa shape index (κ3) is 3.55.